The first-order valence-corrected chi connectivity index (χ1v) is 10.5. The number of nitrogens with one attached hydrogen (secondary N) is 2. The number of rotatable bonds is 7. The van der Waals surface area contributed by atoms with Crippen molar-refractivity contribution >= 4 is 17.3 Å². The molecule has 2 aromatic carbocycles. The number of likely N-dealkylation sites (tertiary alicyclic amines) is 1. The summed E-state index contributed by atoms with van der Waals surface area (Å²) >= 11 is 0. The van der Waals surface area contributed by atoms with Gasteiger partial charge in [0.15, 0.2) is 0 Å². The molecule has 30 heavy (non-hydrogen) atoms. The molecule has 0 bridgehead atoms. The van der Waals surface area contributed by atoms with Crippen molar-refractivity contribution in [2.24, 2.45) is 0 Å². The van der Waals surface area contributed by atoms with Gasteiger partial charge in [0.25, 0.3) is 11.6 Å². The molecule has 0 aliphatic carbocycles. The maximum absolute atomic E-state index is 12.2. The van der Waals surface area contributed by atoms with Gasteiger partial charge in [0.05, 0.1) is 4.92 Å². The normalized spacial score (nSPS) is 15.2. The second-order valence-electron chi connectivity index (χ2n) is 8.24. The third-order valence-corrected chi connectivity index (χ3v) is 5.48. The number of anilines is 1. The molecule has 1 fully saturated rings. The minimum Gasteiger partial charge on any atom is -0.377 e. The van der Waals surface area contributed by atoms with E-state index in [2.05, 4.69) is 46.7 Å². The van der Waals surface area contributed by atoms with Crippen LogP contribution in [0.4, 0.5) is 11.4 Å². The molecule has 1 aliphatic rings. The van der Waals surface area contributed by atoms with E-state index < -0.39 is 4.92 Å². The topological polar surface area (TPSA) is 87.5 Å². The van der Waals surface area contributed by atoms with Crippen LogP contribution in [0.25, 0.3) is 0 Å². The highest BCUT2D eigenvalue weighted by Crippen LogP contribution is 2.28. The number of hydrogen-bond acceptors (Lipinski definition) is 5. The molecule has 2 N–H and O–H groups in total. The van der Waals surface area contributed by atoms with Crippen molar-refractivity contribution in [3.8, 4) is 0 Å². The molecule has 1 amide bonds. The summed E-state index contributed by atoms with van der Waals surface area (Å²) in [7, 11) is 0. The van der Waals surface area contributed by atoms with Gasteiger partial charge in [0.2, 0.25) is 0 Å². The number of carbonyl (C=O) groups is 1. The third-order valence-electron chi connectivity index (χ3n) is 5.48. The fourth-order valence-corrected chi connectivity index (χ4v) is 3.78. The molecule has 3 rings (SSSR count). The van der Waals surface area contributed by atoms with E-state index >= 15 is 0 Å². The Bertz CT molecular complexity index is 905. The summed E-state index contributed by atoms with van der Waals surface area (Å²) in [6.07, 6.45) is 1.83. The maximum atomic E-state index is 12.2. The molecular formula is C23H30N4O3. The molecule has 0 saturated carbocycles. The number of hydrogen-bond donors (Lipinski definition) is 2. The summed E-state index contributed by atoms with van der Waals surface area (Å²) in [4.78, 5) is 25.8. The lowest BCUT2D eigenvalue weighted by Gasteiger charge is -2.33. The molecule has 1 saturated heterocycles. The van der Waals surface area contributed by atoms with Gasteiger partial charge in [-0.2, -0.15) is 0 Å². The number of piperidine rings is 1. The van der Waals surface area contributed by atoms with Crippen molar-refractivity contribution in [1.29, 1.82) is 0 Å². The van der Waals surface area contributed by atoms with Crippen LogP contribution in [0.2, 0.25) is 0 Å². The summed E-state index contributed by atoms with van der Waals surface area (Å²) in [5, 5.41) is 17.7. The molecule has 1 aliphatic heterocycles. The van der Waals surface area contributed by atoms with Crippen molar-refractivity contribution in [1.82, 2.24) is 10.2 Å². The van der Waals surface area contributed by atoms with E-state index in [1.807, 2.05) is 13.8 Å². The Morgan fingerprint density at radius 2 is 1.90 bits per heavy atom. The van der Waals surface area contributed by atoms with E-state index in [4.69, 9.17) is 0 Å². The van der Waals surface area contributed by atoms with Gasteiger partial charge < -0.3 is 10.6 Å². The first-order chi connectivity index (χ1) is 14.3. The van der Waals surface area contributed by atoms with Crippen LogP contribution in [0.3, 0.4) is 0 Å². The lowest BCUT2D eigenvalue weighted by atomic mass is 10.0. The highest BCUT2D eigenvalue weighted by molar-refractivity contribution is 5.95. The second kappa shape index (κ2) is 9.71. The Balaban J connectivity index is 1.62. The number of aryl methyl sites for hydroxylation is 1. The van der Waals surface area contributed by atoms with E-state index in [1.165, 1.54) is 17.2 Å². The summed E-state index contributed by atoms with van der Waals surface area (Å²) < 4.78 is 0. The number of benzene rings is 2. The largest absolute Gasteiger partial charge is 0.377 e. The van der Waals surface area contributed by atoms with Crippen molar-refractivity contribution < 1.29 is 9.72 Å². The van der Waals surface area contributed by atoms with Gasteiger partial charge in [-0.1, -0.05) is 24.3 Å². The lowest BCUT2D eigenvalue weighted by molar-refractivity contribution is -0.384. The number of nitrogens with zero attached hydrogens (tertiary/aromatic N) is 2. The monoisotopic (exact) mass is 410 g/mol. The van der Waals surface area contributed by atoms with Crippen LogP contribution in [-0.4, -0.2) is 40.9 Å². The zero-order valence-corrected chi connectivity index (χ0v) is 17.9. The quantitative estimate of drug-likeness (QED) is 0.530. The minimum atomic E-state index is -0.429. The van der Waals surface area contributed by atoms with Gasteiger partial charge in [-0.25, -0.2) is 0 Å². The van der Waals surface area contributed by atoms with Crippen LogP contribution in [0.15, 0.2) is 42.5 Å². The molecule has 7 heteroatoms. The maximum Gasteiger partial charge on any atom is 0.293 e. The standard InChI is InChI=1S/C23H30N4O3/c1-16(2)24-23(28)18-8-9-21(22(14-18)27(29)30)25-20-10-12-26(13-11-20)15-19-7-5-4-6-17(19)3/h4-9,14,16,20,25H,10-13,15H2,1-3H3,(H,24,28). The SMILES string of the molecule is Cc1ccccc1CN1CCC(Nc2ccc(C(=O)NC(C)C)cc2[N+](=O)[O-])CC1. The highest BCUT2D eigenvalue weighted by Gasteiger charge is 2.23. The van der Waals surface area contributed by atoms with Crippen LogP contribution < -0.4 is 10.6 Å². The summed E-state index contributed by atoms with van der Waals surface area (Å²) in [5.41, 5.74) is 3.35. The van der Waals surface area contributed by atoms with Crippen LogP contribution in [-0.2, 0) is 6.54 Å². The summed E-state index contributed by atoms with van der Waals surface area (Å²) in [6.45, 7) is 8.65. The molecule has 160 valence electrons. The number of nitro groups is 1. The number of nitro benzene ring substituents is 1. The first kappa shape index (κ1) is 21.8. The van der Waals surface area contributed by atoms with Crippen molar-refractivity contribution in [2.75, 3.05) is 18.4 Å². The minimum absolute atomic E-state index is 0.0285. The Hall–Kier alpha value is -2.93. The number of carbonyl (C=O) groups excluding carboxylic acids is 1. The fourth-order valence-electron chi connectivity index (χ4n) is 3.78. The second-order valence-corrected chi connectivity index (χ2v) is 8.24. The van der Waals surface area contributed by atoms with Crippen LogP contribution in [0.1, 0.15) is 48.2 Å². The van der Waals surface area contributed by atoms with Gasteiger partial charge in [-0.3, -0.25) is 19.8 Å². The Morgan fingerprint density at radius 1 is 1.20 bits per heavy atom. The molecule has 1 heterocycles. The lowest BCUT2D eigenvalue weighted by Crippen LogP contribution is -2.38. The molecule has 0 radical (unpaired) electrons. The fraction of sp³-hybridized carbons (Fsp3) is 0.435. The van der Waals surface area contributed by atoms with E-state index in [9.17, 15) is 14.9 Å². The average molecular weight is 411 g/mol. The van der Waals surface area contributed by atoms with Crippen molar-refractivity contribution in [3.05, 3.63) is 69.3 Å². The van der Waals surface area contributed by atoms with E-state index in [1.54, 1.807) is 12.1 Å². The van der Waals surface area contributed by atoms with Gasteiger partial charge in [-0.05, 0) is 56.9 Å². The smallest absolute Gasteiger partial charge is 0.293 e. The molecule has 0 unspecified atom stereocenters. The molecule has 2 aromatic rings. The average Bonchev–Trinajstić information content (AvgIpc) is 2.70. The van der Waals surface area contributed by atoms with Crippen LogP contribution >= 0.6 is 0 Å². The third kappa shape index (κ3) is 5.57. The predicted molar refractivity (Wildman–Crippen MR) is 119 cm³/mol. The summed E-state index contributed by atoms with van der Waals surface area (Å²) in [6, 6.07) is 13.2. The van der Waals surface area contributed by atoms with Gasteiger partial charge in [0.1, 0.15) is 5.69 Å². The number of amides is 1. The Kier molecular flexibility index (Phi) is 7.05. The van der Waals surface area contributed by atoms with Crippen molar-refractivity contribution in [2.45, 2.75) is 52.2 Å². The van der Waals surface area contributed by atoms with Gasteiger partial charge in [-0.15, -0.1) is 0 Å². The highest BCUT2D eigenvalue weighted by atomic mass is 16.6. The summed E-state index contributed by atoms with van der Waals surface area (Å²) in [5.74, 6) is -0.302. The Morgan fingerprint density at radius 3 is 2.53 bits per heavy atom. The van der Waals surface area contributed by atoms with E-state index in [-0.39, 0.29) is 23.7 Å². The molecule has 0 aromatic heterocycles. The van der Waals surface area contributed by atoms with Crippen molar-refractivity contribution in [3.63, 3.8) is 0 Å². The molecule has 7 nitrogen and oxygen atoms in total. The molecule has 0 spiro atoms. The first-order valence-electron chi connectivity index (χ1n) is 10.5. The zero-order chi connectivity index (χ0) is 21.7. The predicted octanol–water partition coefficient (Wildman–Crippen LogP) is 4.12. The van der Waals surface area contributed by atoms with E-state index in [0.29, 0.717) is 11.3 Å². The Labute approximate surface area is 177 Å². The van der Waals surface area contributed by atoms with E-state index in [0.717, 1.165) is 32.5 Å². The van der Waals surface area contributed by atoms with Gasteiger partial charge in [0, 0.05) is 43.3 Å². The van der Waals surface area contributed by atoms with Gasteiger partial charge >= 0.3 is 0 Å². The zero-order valence-electron chi connectivity index (χ0n) is 17.9. The van der Waals surface area contributed by atoms with Crippen LogP contribution in [0, 0.1) is 17.0 Å². The molecule has 0 atom stereocenters. The molecular weight excluding hydrogens is 380 g/mol. The van der Waals surface area contributed by atoms with Crippen LogP contribution in [0.5, 0.6) is 0 Å².